The number of sulfonamides is 1. The molecule has 2 heterocycles. The highest BCUT2D eigenvalue weighted by Gasteiger charge is 2.35. The zero-order valence-electron chi connectivity index (χ0n) is 10.4. The Hall–Kier alpha value is -2.08. The lowest BCUT2D eigenvalue weighted by atomic mass is 10.1. The number of hydrogen-bond donors (Lipinski definition) is 0. The van der Waals surface area contributed by atoms with Crippen molar-refractivity contribution >= 4 is 15.7 Å². The molecule has 0 unspecified atom stereocenters. The van der Waals surface area contributed by atoms with Crippen LogP contribution in [0.15, 0.2) is 44.6 Å². The molecule has 0 saturated carbocycles. The Bertz CT molecular complexity index is 836. The van der Waals surface area contributed by atoms with Crippen molar-refractivity contribution in [3.8, 4) is 11.3 Å². The Kier molecular flexibility index (Phi) is 2.34. The van der Waals surface area contributed by atoms with Crippen LogP contribution in [0.4, 0.5) is 5.69 Å². The Balaban J connectivity index is 2.53. The minimum atomic E-state index is -3.70. The fraction of sp³-hybridized carbons (Fsp3) is 0.154. The van der Waals surface area contributed by atoms with E-state index in [0.29, 0.717) is 16.9 Å². The highest BCUT2D eigenvalue weighted by molar-refractivity contribution is 7.93. The molecule has 6 heteroatoms. The molecule has 0 saturated heterocycles. The summed E-state index contributed by atoms with van der Waals surface area (Å²) < 4.78 is 31.2. The molecule has 1 aliphatic heterocycles. The molecule has 0 radical (unpaired) electrons. The molecule has 19 heavy (non-hydrogen) atoms. The number of hydrogen-bond acceptors (Lipinski definition) is 4. The number of fused-ring (bicyclic) bond motifs is 3. The van der Waals surface area contributed by atoms with Crippen molar-refractivity contribution in [2.24, 2.45) is 0 Å². The number of anilines is 1. The first kappa shape index (κ1) is 12.0. The average molecular weight is 277 g/mol. The van der Waals surface area contributed by atoms with Crippen LogP contribution in [0.3, 0.4) is 0 Å². The minimum absolute atomic E-state index is 0.0682. The molecule has 2 aromatic rings. The van der Waals surface area contributed by atoms with Crippen molar-refractivity contribution in [1.82, 2.24) is 0 Å². The molecular weight excluding hydrogens is 266 g/mol. The molecule has 0 spiro atoms. The van der Waals surface area contributed by atoms with E-state index in [1.165, 1.54) is 19.4 Å². The van der Waals surface area contributed by atoms with Crippen LogP contribution < -0.4 is 9.73 Å². The third kappa shape index (κ3) is 1.46. The third-order valence-electron chi connectivity index (χ3n) is 3.23. The molecule has 0 amide bonds. The van der Waals surface area contributed by atoms with Gasteiger partial charge in [0, 0.05) is 18.2 Å². The first-order valence-corrected chi connectivity index (χ1v) is 7.09. The molecule has 98 valence electrons. The van der Waals surface area contributed by atoms with Gasteiger partial charge in [0.2, 0.25) is 5.43 Å². The number of nitrogens with zero attached hydrogens (tertiary/aromatic N) is 1. The van der Waals surface area contributed by atoms with E-state index in [1.807, 2.05) is 0 Å². The lowest BCUT2D eigenvalue weighted by Gasteiger charge is -2.27. The zero-order chi connectivity index (χ0) is 13.8. The van der Waals surface area contributed by atoms with Gasteiger partial charge in [0.05, 0.1) is 11.2 Å². The van der Waals surface area contributed by atoms with E-state index in [9.17, 15) is 13.2 Å². The van der Waals surface area contributed by atoms with Crippen LogP contribution in [-0.2, 0) is 10.0 Å². The lowest BCUT2D eigenvalue weighted by molar-refractivity contribution is 0.551. The predicted molar refractivity (Wildman–Crippen MR) is 70.7 cm³/mol. The molecule has 0 aliphatic carbocycles. The monoisotopic (exact) mass is 277 g/mol. The SMILES string of the molecule is Cc1coc2c(c1=O)N(C)S(=O)(=O)c1ccccc1-2. The van der Waals surface area contributed by atoms with Crippen molar-refractivity contribution < 1.29 is 12.8 Å². The van der Waals surface area contributed by atoms with Crippen LogP contribution >= 0.6 is 0 Å². The van der Waals surface area contributed by atoms with Gasteiger partial charge in [-0.2, -0.15) is 0 Å². The van der Waals surface area contributed by atoms with Crippen molar-refractivity contribution in [2.45, 2.75) is 11.8 Å². The molecule has 0 fully saturated rings. The molecule has 0 bridgehead atoms. The lowest BCUT2D eigenvalue weighted by Crippen LogP contribution is -2.34. The van der Waals surface area contributed by atoms with E-state index in [0.717, 1.165) is 4.31 Å². The highest BCUT2D eigenvalue weighted by atomic mass is 32.2. The van der Waals surface area contributed by atoms with Gasteiger partial charge < -0.3 is 4.42 Å². The fourth-order valence-electron chi connectivity index (χ4n) is 2.17. The van der Waals surface area contributed by atoms with Gasteiger partial charge in [0.25, 0.3) is 10.0 Å². The second kappa shape index (κ2) is 3.71. The summed E-state index contributed by atoms with van der Waals surface area (Å²) >= 11 is 0. The van der Waals surface area contributed by atoms with Crippen LogP contribution in [0.2, 0.25) is 0 Å². The molecule has 0 atom stereocenters. The Morgan fingerprint density at radius 3 is 2.63 bits per heavy atom. The summed E-state index contributed by atoms with van der Waals surface area (Å²) in [6.45, 7) is 1.59. The summed E-state index contributed by atoms with van der Waals surface area (Å²) in [7, 11) is -2.34. The molecule has 0 N–H and O–H groups in total. The summed E-state index contributed by atoms with van der Waals surface area (Å²) in [5.74, 6) is 0.295. The standard InChI is InChI=1S/C13H11NO4S/c1-8-7-18-13-9-5-3-4-6-10(9)19(16,17)14(2)11(13)12(8)15/h3-7H,1-2H3. The van der Waals surface area contributed by atoms with Gasteiger partial charge >= 0.3 is 0 Å². The van der Waals surface area contributed by atoms with Crippen LogP contribution in [0.5, 0.6) is 0 Å². The van der Waals surface area contributed by atoms with E-state index in [1.54, 1.807) is 25.1 Å². The third-order valence-corrected chi connectivity index (χ3v) is 5.04. The Labute approximate surface area is 110 Å². The maximum absolute atomic E-state index is 12.4. The number of rotatable bonds is 0. The molecule has 5 nitrogen and oxygen atoms in total. The van der Waals surface area contributed by atoms with Gasteiger partial charge in [0.1, 0.15) is 5.69 Å². The largest absolute Gasteiger partial charge is 0.462 e. The number of benzene rings is 1. The van der Waals surface area contributed by atoms with Gasteiger partial charge in [-0.15, -0.1) is 0 Å². The van der Waals surface area contributed by atoms with Crippen molar-refractivity contribution in [3.63, 3.8) is 0 Å². The molecular formula is C13H11NO4S. The van der Waals surface area contributed by atoms with Crippen LogP contribution in [0.25, 0.3) is 11.3 Å². The molecule has 1 aromatic heterocycles. The number of aryl methyl sites for hydroxylation is 1. The highest BCUT2D eigenvalue weighted by Crippen LogP contribution is 2.40. The topological polar surface area (TPSA) is 67.6 Å². The van der Waals surface area contributed by atoms with Gasteiger partial charge in [0.15, 0.2) is 5.76 Å². The van der Waals surface area contributed by atoms with E-state index in [-0.39, 0.29) is 16.0 Å². The maximum atomic E-state index is 12.4. The second-order valence-electron chi connectivity index (χ2n) is 4.39. The Morgan fingerprint density at radius 1 is 1.21 bits per heavy atom. The molecule has 1 aliphatic rings. The van der Waals surface area contributed by atoms with Crippen LogP contribution in [-0.4, -0.2) is 15.5 Å². The average Bonchev–Trinajstić information content (AvgIpc) is 2.40. The summed E-state index contributed by atoms with van der Waals surface area (Å²) in [6.07, 6.45) is 1.35. The van der Waals surface area contributed by atoms with E-state index in [4.69, 9.17) is 4.42 Å². The summed E-state index contributed by atoms with van der Waals surface area (Å²) in [4.78, 5) is 12.3. The predicted octanol–water partition coefficient (Wildman–Crippen LogP) is 1.75. The summed E-state index contributed by atoms with van der Waals surface area (Å²) in [5.41, 5.74) is 0.536. The van der Waals surface area contributed by atoms with E-state index >= 15 is 0 Å². The second-order valence-corrected chi connectivity index (χ2v) is 6.33. The van der Waals surface area contributed by atoms with E-state index in [2.05, 4.69) is 0 Å². The van der Waals surface area contributed by atoms with Crippen LogP contribution in [0, 0.1) is 6.92 Å². The smallest absolute Gasteiger partial charge is 0.265 e. The van der Waals surface area contributed by atoms with Crippen LogP contribution in [0.1, 0.15) is 5.56 Å². The molecule has 3 rings (SSSR count). The van der Waals surface area contributed by atoms with Crippen molar-refractivity contribution in [2.75, 3.05) is 11.4 Å². The van der Waals surface area contributed by atoms with E-state index < -0.39 is 10.0 Å². The van der Waals surface area contributed by atoms with Gasteiger partial charge in [-0.05, 0) is 19.1 Å². The zero-order valence-corrected chi connectivity index (χ0v) is 11.2. The fourth-order valence-corrected chi connectivity index (χ4v) is 3.56. The Morgan fingerprint density at radius 2 is 1.89 bits per heavy atom. The summed E-state index contributed by atoms with van der Waals surface area (Å²) in [5, 5.41) is 0. The van der Waals surface area contributed by atoms with Gasteiger partial charge in [-0.25, -0.2) is 8.42 Å². The van der Waals surface area contributed by atoms with Crippen molar-refractivity contribution in [3.05, 3.63) is 46.3 Å². The first-order chi connectivity index (χ1) is 8.94. The molecule has 1 aromatic carbocycles. The van der Waals surface area contributed by atoms with Gasteiger partial charge in [-0.1, -0.05) is 12.1 Å². The summed E-state index contributed by atoms with van der Waals surface area (Å²) in [6, 6.07) is 6.49. The maximum Gasteiger partial charge on any atom is 0.265 e. The normalized spacial score (nSPS) is 15.8. The van der Waals surface area contributed by atoms with Crippen molar-refractivity contribution in [1.29, 1.82) is 0 Å². The first-order valence-electron chi connectivity index (χ1n) is 5.65. The van der Waals surface area contributed by atoms with Gasteiger partial charge in [-0.3, -0.25) is 9.10 Å². The quantitative estimate of drug-likeness (QED) is 0.735. The minimum Gasteiger partial charge on any atom is -0.462 e.